The second-order valence-electron chi connectivity index (χ2n) is 8.24. The first-order chi connectivity index (χ1) is 16.6. The molecule has 0 bridgehead atoms. The lowest BCUT2D eigenvalue weighted by molar-refractivity contribution is -0.138. The highest BCUT2D eigenvalue weighted by atomic mass is 19.4. The quantitative estimate of drug-likeness (QED) is 0.525. The summed E-state index contributed by atoms with van der Waals surface area (Å²) < 4.78 is 67.2. The van der Waals surface area contributed by atoms with E-state index in [1.54, 1.807) is 0 Å². The molecule has 1 amide bonds. The van der Waals surface area contributed by atoms with Gasteiger partial charge in [0.15, 0.2) is 5.82 Å². The maximum Gasteiger partial charge on any atom is 0.419 e. The average Bonchev–Trinajstić information content (AvgIpc) is 2.82. The number of aromatic nitrogens is 4. The Hall–Kier alpha value is -3.70. The zero-order valence-electron chi connectivity index (χ0n) is 18.6. The molecule has 0 radical (unpaired) electrons. The van der Waals surface area contributed by atoms with Crippen LogP contribution in [-0.2, 0) is 6.18 Å². The molecule has 7 nitrogen and oxygen atoms in total. The van der Waals surface area contributed by atoms with Gasteiger partial charge in [-0.25, -0.2) is 28.7 Å². The van der Waals surface area contributed by atoms with E-state index < -0.39 is 35.3 Å². The Morgan fingerprint density at radius 2 is 1.80 bits per heavy atom. The molecule has 0 saturated carbocycles. The number of alkyl halides is 3. The fraction of sp³-hybridized carbons (Fsp3) is 0.348. The second-order valence-corrected chi connectivity index (χ2v) is 8.24. The van der Waals surface area contributed by atoms with Crippen molar-refractivity contribution in [2.24, 2.45) is 5.92 Å². The minimum absolute atomic E-state index is 0.00974. The summed E-state index contributed by atoms with van der Waals surface area (Å²) in [5, 5.41) is 2.87. The topological polar surface area (TPSA) is 83.9 Å². The fourth-order valence-corrected chi connectivity index (χ4v) is 4.13. The third-order valence-electron chi connectivity index (χ3n) is 5.90. The van der Waals surface area contributed by atoms with E-state index in [1.165, 1.54) is 23.4 Å². The molecule has 2 atom stereocenters. The van der Waals surface area contributed by atoms with Crippen molar-refractivity contribution in [1.29, 1.82) is 0 Å². The van der Waals surface area contributed by atoms with Gasteiger partial charge in [-0.2, -0.15) is 13.2 Å². The molecule has 1 N–H and O–H groups in total. The number of likely N-dealkylation sites (tertiary alicyclic amines) is 1. The first-order valence-electron chi connectivity index (χ1n) is 10.9. The van der Waals surface area contributed by atoms with Crippen LogP contribution in [-0.4, -0.2) is 49.9 Å². The molecule has 1 saturated heterocycles. The van der Waals surface area contributed by atoms with Crippen LogP contribution in [0, 0.1) is 17.6 Å². The molecule has 1 fully saturated rings. The number of carbonyl (C=O) groups excluding carboxylic acids is 1. The van der Waals surface area contributed by atoms with Crippen molar-refractivity contribution < 1.29 is 26.7 Å². The van der Waals surface area contributed by atoms with Crippen LogP contribution in [0.25, 0.3) is 11.4 Å². The van der Waals surface area contributed by atoms with Gasteiger partial charge in [0.1, 0.15) is 11.6 Å². The van der Waals surface area contributed by atoms with Gasteiger partial charge in [-0.3, -0.25) is 4.79 Å². The fourth-order valence-electron chi connectivity index (χ4n) is 4.13. The molecule has 3 aromatic rings. The van der Waals surface area contributed by atoms with E-state index in [-0.39, 0.29) is 35.4 Å². The Labute approximate surface area is 197 Å². The van der Waals surface area contributed by atoms with Gasteiger partial charge in [0.2, 0.25) is 5.95 Å². The highest BCUT2D eigenvalue weighted by molar-refractivity contribution is 6.00. The second kappa shape index (κ2) is 9.88. The van der Waals surface area contributed by atoms with Gasteiger partial charge in [0.25, 0.3) is 5.91 Å². The molecule has 2 aromatic heterocycles. The number of anilines is 1. The molecule has 0 unspecified atom stereocenters. The average molecular weight is 492 g/mol. The molecular formula is C23H21F5N6O. The van der Waals surface area contributed by atoms with E-state index in [1.807, 2.05) is 6.92 Å². The predicted molar refractivity (Wildman–Crippen MR) is 116 cm³/mol. The molecule has 35 heavy (non-hydrogen) atoms. The van der Waals surface area contributed by atoms with Gasteiger partial charge in [-0.1, -0.05) is 6.92 Å². The monoisotopic (exact) mass is 492 g/mol. The van der Waals surface area contributed by atoms with Crippen LogP contribution in [0.2, 0.25) is 0 Å². The summed E-state index contributed by atoms with van der Waals surface area (Å²) in [6.45, 7) is 2.39. The Morgan fingerprint density at radius 3 is 2.46 bits per heavy atom. The van der Waals surface area contributed by atoms with Crippen LogP contribution in [0.4, 0.5) is 27.9 Å². The summed E-state index contributed by atoms with van der Waals surface area (Å²) in [6.07, 6.45) is 1.03. The van der Waals surface area contributed by atoms with Crippen LogP contribution in [0.15, 0.2) is 43.0 Å². The lowest BCUT2D eigenvalue weighted by Gasteiger charge is -2.40. The van der Waals surface area contributed by atoms with Crippen molar-refractivity contribution in [3.8, 4) is 11.4 Å². The molecule has 0 aliphatic carbocycles. The molecule has 4 rings (SSSR count). The summed E-state index contributed by atoms with van der Waals surface area (Å²) in [4.78, 5) is 30.5. The molecule has 3 heterocycles. The third-order valence-corrected chi connectivity index (χ3v) is 5.90. The summed E-state index contributed by atoms with van der Waals surface area (Å²) in [6, 6.07) is 2.73. The van der Waals surface area contributed by atoms with Gasteiger partial charge < -0.3 is 10.2 Å². The number of carbonyl (C=O) groups is 1. The van der Waals surface area contributed by atoms with Crippen LogP contribution in [0.3, 0.4) is 0 Å². The normalized spacial score (nSPS) is 18.4. The number of rotatable bonds is 5. The van der Waals surface area contributed by atoms with E-state index in [9.17, 15) is 26.7 Å². The highest BCUT2D eigenvalue weighted by Gasteiger charge is 2.35. The van der Waals surface area contributed by atoms with Gasteiger partial charge in [0, 0.05) is 43.9 Å². The first-order valence-corrected chi connectivity index (χ1v) is 10.9. The largest absolute Gasteiger partial charge is 0.419 e. The summed E-state index contributed by atoms with van der Waals surface area (Å²) >= 11 is 0. The van der Waals surface area contributed by atoms with Crippen molar-refractivity contribution in [3.05, 3.63) is 65.7 Å². The van der Waals surface area contributed by atoms with Crippen LogP contribution in [0.1, 0.15) is 35.7 Å². The van der Waals surface area contributed by atoms with Crippen LogP contribution >= 0.6 is 0 Å². The van der Waals surface area contributed by atoms with E-state index >= 15 is 0 Å². The highest BCUT2D eigenvalue weighted by Crippen LogP contribution is 2.31. The Bertz CT molecular complexity index is 1190. The van der Waals surface area contributed by atoms with E-state index in [4.69, 9.17) is 0 Å². The van der Waals surface area contributed by atoms with E-state index in [2.05, 4.69) is 25.3 Å². The lowest BCUT2D eigenvalue weighted by atomic mass is 9.89. The van der Waals surface area contributed by atoms with Crippen molar-refractivity contribution in [1.82, 2.24) is 24.8 Å². The van der Waals surface area contributed by atoms with E-state index in [0.29, 0.717) is 31.4 Å². The number of hydrogen-bond donors (Lipinski definition) is 1. The Balaban J connectivity index is 1.60. The number of piperidine rings is 1. The third kappa shape index (κ3) is 5.36. The summed E-state index contributed by atoms with van der Waals surface area (Å²) in [5.74, 6) is -2.56. The minimum atomic E-state index is -4.56. The van der Waals surface area contributed by atoms with Gasteiger partial charge in [-0.15, -0.1) is 0 Å². The molecule has 184 valence electrons. The van der Waals surface area contributed by atoms with E-state index in [0.717, 1.165) is 12.5 Å². The number of benzene rings is 1. The minimum Gasteiger partial charge on any atom is -0.352 e. The molecule has 0 spiro atoms. The van der Waals surface area contributed by atoms with Crippen LogP contribution < -0.4 is 5.32 Å². The van der Waals surface area contributed by atoms with Crippen molar-refractivity contribution in [3.63, 3.8) is 0 Å². The standard InChI is InChI=1S/C23H21F5N6O/c1-13-4-2-7-34(18(13)12-33-22-31-10-14(11-32-22)23(26,27)28)21(35)16-8-15(24)9-17(25)19(16)20-29-5-3-6-30-20/h3,5-6,8-11,13,18H,2,4,7,12H2,1H3,(H,31,32,33)/t13-,18-/m1/s1. The van der Waals surface area contributed by atoms with Crippen molar-refractivity contribution in [2.45, 2.75) is 32.0 Å². The SMILES string of the molecule is C[C@@H]1CCCN(C(=O)c2cc(F)cc(F)c2-c2ncccn2)[C@@H]1CNc1ncc(C(F)(F)F)cn1. The lowest BCUT2D eigenvalue weighted by Crippen LogP contribution is -2.51. The summed E-state index contributed by atoms with van der Waals surface area (Å²) in [7, 11) is 0. The van der Waals surface area contributed by atoms with Gasteiger partial charge in [-0.05, 0) is 30.9 Å². The number of nitrogens with one attached hydrogen (secondary N) is 1. The molecule has 1 aliphatic heterocycles. The zero-order valence-corrected chi connectivity index (χ0v) is 18.6. The molecule has 1 aliphatic rings. The Kier molecular flexibility index (Phi) is 6.90. The smallest absolute Gasteiger partial charge is 0.352 e. The number of halogens is 5. The van der Waals surface area contributed by atoms with Gasteiger partial charge >= 0.3 is 6.18 Å². The van der Waals surface area contributed by atoms with Crippen molar-refractivity contribution >= 4 is 11.9 Å². The number of nitrogens with zero attached hydrogens (tertiary/aromatic N) is 5. The predicted octanol–water partition coefficient (Wildman–Crippen LogP) is 4.58. The number of hydrogen-bond acceptors (Lipinski definition) is 6. The van der Waals surface area contributed by atoms with Crippen molar-refractivity contribution in [2.75, 3.05) is 18.4 Å². The van der Waals surface area contributed by atoms with Gasteiger partial charge in [0.05, 0.1) is 22.7 Å². The summed E-state index contributed by atoms with van der Waals surface area (Å²) in [5.41, 5.74) is -1.39. The number of amides is 1. The zero-order chi connectivity index (χ0) is 25.2. The van der Waals surface area contributed by atoms with Crippen LogP contribution in [0.5, 0.6) is 0 Å². The Morgan fingerprint density at radius 1 is 1.11 bits per heavy atom. The first kappa shape index (κ1) is 24.4. The molecule has 1 aromatic carbocycles. The molecule has 12 heteroatoms. The maximum absolute atomic E-state index is 14.8. The molecular weight excluding hydrogens is 471 g/mol. The maximum atomic E-state index is 14.8.